The SMILES string of the molecule is CC(C)CN.NC1CC1. The topological polar surface area (TPSA) is 52.0 Å². The van der Waals surface area contributed by atoms with Crippen LogP contribution in [-0.4, -0.2) is 12.6 Å². The molecule has 0 saturated heterocycles. The van der Waals surface area contributed by atoms with Crippen LogP contribution in [0.5, 0.6) is 0 Å². The van der Waals surface area contributed by atoms with Crippen LogP contribution in [0.2, 0.25) is 0 Å². The molecule has 56 valence electrons. The molecule has 0 amide bonds. The van der Waals surface area contributed by atoms with Crippen molar-refractivity contribution in [2.45, 2.75) is 32.7 Å². The molecular formula is C7H18N2. The molecule has 1 aliphatic rings. The summed E-state index contributed by atoms with van der Waals surface area (Å²) in [5, 5.41) is 0. The van der Waals surface area contributed by atoms with Gasteiger partial charge < -0.3 is 11.5 Å². The highest BCUT2D eigenvalue weighted by atomic mass is 14.7. The van der Waals surface area contributed by atoms with E-state index in [4.69, 9.17) is 11.5 Å². The molecule has 0 bridgehead atoms. The largest absolute Gasteiger partial charge is 0.330 e. The van der Waals surface area contributed by atoms with E-state index in [-0.39, 0.29) is 0 Å². The van der Waals surface area contributed by atoms with Crippen molar-refractivity contribution in [2.24, 2.45) is 17.4 Å². The molecule has 2 heteroatoms. The third kappa shape index (κ3) is 11.5. The molecule has 0 spiro atoms. The monoisotopic (exact) mass is 130 g/mol. The van der Waals surface area contributed by atoms with Gasteiger partial charge in [0.25, 0.3) is 0 Å². The third-order valence-corrected chi connectivity index (χ3v) is 1.09. The van der Waals surface area contributed by atoms with Gasteiger partial charge in [0.2, 0.25) is 0 Å². The lowest BCUT2D eigenvalue weighted by molar-refractivity contribution is 0.664. The molecule has 1 rings (SSSR count). The Morgan fingerprint density at radius 3 is 1.67 bits per heavy atom. The highest BCUT2D eigenvalue weighted by molar-refractivity contribution is 4.75. The fraction of sp³-hybridized carbons (Fsp3) is 1.00. The second-order valence-corrected chi connectivity index (χ2v) is 2.97. The van der Waals surface area contributed by atoms with Crippen LogP contribution in [0.4, 0.5) is 0 Å². The first kappa shape index (κ1) is 8.92. The molecule has 0 heterocycles. The predicted octanol–water partition coefficient (Wildman–Crippen LogP) is 0.709. The summed E-state index contributed by atoms with van der Waals surface area (Å²) in [5.41, 5.74) is 10.4. The van der Waals surface area contributed by atoms with E-state index in [1.807, 2.05) is 0 Å². The maximum Gasteiger partial charge on any atom is 0.00399 e. The zero-order valence-corrected chi connectivity index (χ0v) is 6.43. The van der Waals surface area contributed by atoms with Gasteiger partial charge >= 0.3 is 0 Å². The summed E-state index contributed by atoms with van der Waals surface area (Å²) in [6.45, 7) is 5.00. The van der Waals surface area contributed by atoms with Gasteiger partial charge in [0, 0.05) is 6.04 Å². The summed E-state index contributed by atoms with van der Waals surface area (Å²) < 4.78 is 0. The highest BCUT2D eigenvalue weighted by Crippen LogP contribution is 2.13. The first-order valence-corrected chi connectivity index (χ1v) is 3.62. The average molecular weight is 130 g/mol. The van der Waals surface area contributed by atoms with Gasteiger partial charge in [0.05, 0.1) is 0 Å². The summed E-state index contributed by atoms with van der Waals surface area (Å²) in [6.07, 6.45) is 2.53. The van der Waals surface area contributed by atoms with E-state index in [9.17, 15) is 0 Å². The molecule has 1 saturated carbocycles. The molecule has 0 radical (unpaired) electrons. The van der Waals surface area contributed by atoms with Gasteiger partial charge in [-0.05, 0) is 25.3 Å². The lowest BCUT2D eigenvalue weighted by Crippen LogP contribution is -2.05. The number of hydrogen-bond donors (Lipinski definition) is 2. The lowest BCUT2D eigenvalue weighted by Gasteiger charge is -1.91. The van der Waals surface area contributed by atoms with Gasteiger partial charge in [-0.25, -0.2) is 0 Å². The minimum Gasteiger partial charge on any atom is -0.330 e. The molecule has 9 heavy (non-hydrogen) atoms. The van der Waals surface area contributed by atoms with Gasteiger partial charge in [0.15, 0.2) is 0 Å². The van der Waals surface area contributed by atoms with Crippen LogP contribution in [0.1, 0.15) is 26.7 Å². The number of rotatable bonds is 1. The highest BCUT2D eigenvalue weighted by Gasteiger charge is 2.13. The predicted molar refractivity (Wildman–Crippen MR) is 41.1 cm³/mol. The second kappa shape index (κ2) is 4.77. The molecule has 2 nitrogen and oxygen atoms in total. The Labute approximate surface area is 57.6 Å². The van der Waals surface area contributed by atoms with Crippen molar-refractivity contribution in [1.29, 1.82) is 0 Å². The molecular weight excluding hydrogens is 112 g/mol. The van der Waals surface area contributed by atoms with E-state index < -0.39 is 0 Å². The molecule has 0 unspecified atom stereocenters. The minimum atomic E-state index is 0.583. The quantitative estimate of drug-likeness (QED) is 0.549. The van der Waals surface area contributed by atoms with Crippen molar-refractivity contribution in [2.75, 3.05) is 6.54 Å². The number of hydrogen-bond acceptors (Lipinski definition) is 2. The van der Waals surface area contributed by atoms with Crippen molar-refractivity contribution in [3.63, 3.8) is 0 Å². The molecule has 0 atom stereocenters. The van der Waals surface area contributed by atoms with Gasteiger partial charge in [-0.15, -0.1) is 0 Å². The molecule has 0 aromatic rings. The van der Waals surface area contributed by atoms with E-state index in [0.717, 1.165) is 6.54 Å². The standard InChI is InChI=1S/C4H11N.C3H7N/c1-4(2)3-5;4-3-1-2-3/h4H,3,5H2,1-2H3;3H,1-2,4H2. The van der Waals surface area contributed by atoms with Crippen molar-refractivity contribution in [1.82, 2.24) is 0 Å². The normalized spacial score (nSPS) is 17.0. The van der Waals surface area contributed by atoms with Gasteiger partial charge in [-0.3, -0.25) is 0 Å². The van der Waals surface area contributed by atoms with E-state index >= 15 is 0 Å². The van der Waals surface area contributed by atoms with E-state index in [0.29, 0.717) is 12.0 Å². The van der Waals surface area contributed by atoms with Crippen LogP contribution < -0.4 is 11.5 Å². The molecule has 1 fully saturated rings. The van der Waals surface area contributed by atoms with E-state index in [2.05, 4.69) is 13.8 Å². The lowest BCUT2D eigenvalue weighted by atomic mass is 10.2. The number of nitrogens with two attached hydrogens (primary N) is 2. The third-order valence-electron chi connectivity index (χ3n) is 1.09. The van der Waals surface area contributed by atoms with E-state index in [1.165, 1.54) is 12.8 Å². The fourth-order valence-corrected chi connectivity index (χ4v) is 0.0962. The van der Waals surface area contributed by atoms with Gasteiger partial charge in [-0.2, -0.15) is 0 Å². The second-order valence-electron chi connectivity index (χ2n) is 2.97. The van der Waals surface area contributed by atoms with Crippen molar-refractivity contribution < 1.29 is 0 Å². The Kier molecular flexibility index (Phi) is 4.72. The Morgan fingerprint density at radius 1 is 1.44 bits per heavy atom. The Balaban J connectivity index is 0.000000144. The summed E-state index contributed by atoms with van der Waals surface area (Å²) in [7, 11) is 0. The van der Waals surface area contributed by atoms with Crippen LogP contribution in [0.15, 0.2) is 0 Å². The molecule has 0 aromatic carbocycles. The summed E-state index contributed by atoms with van der Waals surface area (Å²) in [5.74, 6) is 0.662. The Morgan fingerprint density at radius 2 is 1.67 bits per heavy atom. The van der Waals surface area contributed by atoms with E-state index in [1.54, 1.807) is 0 Å². The van der Waals surface area contributed by atoms with Crippen LogP contribution >= 0.6 is 0 Å². The van der Waals surface area contributed by atoms with Crippen LogP contribution in [0.3, 0.4) is 0 Å². The zero-order chi connectivity index (χ0) is 7.28. The van der Waals surface area contributed by atoms with Gasteiger partial charge in [-0.1, -0.05) is 13.8 Å². The molecule has 0 aliphatic heterocycles. The Bertz CT molecular complexity index is 57.9. The van der Waals surface area contributed by atoms with Crippen LogP contribution in [-0.2, 0) is 0 Å². The maximum atomic E-state index is 5.22. The summed E-state index contributed by atoms with van der Waals surface area (Å²) in [4.78, 5) is 0. The first-order chi connectivity index (χ1) is 4.16. The summed E-state index contributed by atoms with van der Waals surface area (Å²) >= 11 is 0. The smallest absolute Gasteiger partial charge is 0.00399 e. The minimum absolute atomic E-state index is 0.583. The molecule has 1 aliphatic carbocycles. The Hall–Kier alpha value is -0.0800. The van der Waals surface area contributed by atoms with Crippen molar-refractivity contribution in [3.8, 4) is 0 Å². The van der Waals surface area contributed by atoms with Crippen molar-refractivity contribution >= 4 is 0 Å². The first-order valence-electron chi connectivity index (χ1n) is 3.62. The zero-order valence-electron chi connectivity index (χ0n) is 6.43. The molecule has 4 N–H and O–H groups in total. The fourth-order valence-electron chi connectivity index (χ4n) is 0.0962. The average Bonchev–Trinajstić information content (AvgIpc) is 2.53. The van der Waals surface area contributed by atoms with Crippen molar-refractivity contribution in [3.05, 3.63) is 0 Å². The summed E-state index contributed by atoms with van der Waals surface area (Å²) in [6, 6.07) is 0.583. The molecule has 0 aromatic heterocycles. The van der Waals surface area contributed by atoms with Crippen LogP contribution in [0, 0.1) is 5.92 Å². The van der Waals surface area contributed by atoms with Gasteiger partial charge in [0.1, 0.15) is 0 Å². The maximum absolute atomic E-state index is 5.22. The van der Waals surface area contributed by atoms with Crippen LogP contribution in [0.25, 0.3) is 0 Å².